The predicted octanol–water partition coefficient (Wildman–Crippen LogP) is 2.69. The minimum atomic E-state index is 0.715. The van der Waals surface area contributed by atoms with Crippen molar-refractivity contribution in [2.75, 3.05) is 0 Å². The summed E-state index contributed by atoms with van der Waals surface area (Å²) in [6, 6.07) is 14.3. The molecule has 0 radical (unpaired) electrons. The van der Waals surface area contributed by atoms with Crippen molar-refractivity contribution in [2.24, 2.45) is 0 Å². The molecule has 0 fully saturated rings. The average Bonchev–Trinajstić information content (AvgIpc) is 2.39. The summed E-state index contributed by atoms with van der Waals surface area (Å²) in [6.07, 6.45) is 3.04. The number of hydrogen-bond acceptors (Lipinski definition) is 3. The highest BCUT2D eigenvalue weighted by Gasteiger charge is 2.04. The van der Waals surface area contributed by atoms with E-state index in [0.717, 1.165) is 10.9 Å². The Morgan fingerprint density at radius 3 is 2.38 bits per heavy atom. The van der Waals surface area contributed by atoms with Gasteiger partial charge in [0.15, 0.2) is 5.82 Å². The molecule has 0 amide bonds. The number of benzene rings is 2. The van der Waals surface area contributed by atoms with E-state index in [2.05, 4.69) is 33.2 Å². The molecule has 0 saturated carbocycles. The number of fused-ring (bicyclic) bond motifs is 1. The fraction of sp³-hybridized carbons (Fsp3) is 0. The van der Waals surface area contributed by atoms with Gasteiger partial charge in [-0.3, -0.25) is 0 Å². The first-order valence-corrected chi connectivity index (χ1v) is 5.05. The summed E-state index contributed by atoms with van der Waals surface area (Å²) in [5.41, 5.74) is 1.04. The maximum atomic E-state index is 4.18. The van der Waals surface area contributed by atoms with Gasteiger partial charge < -0.3 is 0 Å². The summed E-state index contributed by atoms with van der Waals surface area (Å²) >= 11 is 0. The lowest BCUT2D eigenvalue weighted by Crippen LogP contribution is -1.89. The minimum absolute atomic E-state index is 0.715. The highest BCUT2D eigenvalue weighted by molar-refractivity contribution is 5.94. The third-order valence-corrected chi connectivity index (χ3v) is 2.52. The lowest BCUT2D eigenvalue weighted by atomic mass is 10.0. The van der Waals surface area contributed by atoms with Crippen molar-refractivity contribution in [3.63, 3.8) is 0 Å². The van der Waals surface area contributed by atoms with E-state index in [1.54, 1.807) is 0 Å². The van der Waals surface area contributed by atoms with E-state index >= 15 is 0 Å². The Bertz CT molecular complexity index is 615. The van der Waals surface area contributed by atoms with Gasteiger partial charge in [0, 0.05) is 5.56 Å². The van der Waals surface area contributed by atoms with Crippen LogP contribution in [0.4, 0.5) is 0 Å². The summed E-state index contributed by atoms with van der Waals surface area (Å²) in [7, 11) is 0. The van der Waals surface area contributed by atoms with E-state index in [4.69, 9.17) is 0 Å². The van der Waals surface area contributed by atoms with Crippen LogP contribution in [0.3, 0.4) is 0 Å². The quantitative estimate of drug-likeness (QED) is 0.615. The molecule has 2 aromatic carbocycles. The molecule has 3 nitrogen and oxygen atoms in total. The van der Waals surface area contributed by atoms with Crippen molar-refractivity contribution in [2.45, 2.75) is 0 Å². The number of aromatic nitrogens is 3. The summed E-state index contributed by atoms with van der Waals surface area (Å²) in [5, 5.41) is 2.36. The first-order valence-electron chi connectivity index (χ1n) is 5.05. The number of hydrogen-bond donors (Lipinski definition) is 0. The van der Waals surface area contributed by atoms with Crippen LogP contribution in [-0.4, -0.2) is 15.0 Å². The molecular formula is C13H9N3. The van der Waals surface area contributed by atoms with Crippen molar-refractivity contribution in [3.05, 3.63) is 55.1 Å². The second kappa shape index (κ2) is 3.70. The first-order chi connectivity index (χ1) is 7.95. The standard InChI is InChI=1S/C13H9N3/c1-2-6-11-10(4-1)5-3-7-12(11)13-15-8-14-9-16-13/h1-9H. The van der Waals surface area contributed by atoms with Crippen molar-refractivity contribution in [1.82, 2.24) is 15.0 Å². The Balaban J connectivity index is 2.32. The van der Waals surface area contributed by atoms with Gasteiger partial charge in [0.1, 0.15) is 12.7 Å². The van der Waals surface area contributed by atoms with Gasteiger partial charge in [-0.2, -0.15) is 0 Å². The van der Waals surface area contributed by atoms with Crippen LogP contribution >= 0.6 is 0 Å². The number of nitrogens with zero attached hydrogens (tertiary/aromatic N) is 3. The van der Waals surface area contributed by atoms with Gasteiger partial charge in [-0.1, -0.05) is 42.5 Å². The van der Waals surface area contributed by atoms with Crippen molar-refractivity contribution in [1.29, 1.82) is 0 Å². The summed E-state index contributed by atoms with van der Waals surface area (Å²) in [6.45, 7) is 0. The largest absolute Gasteiger partial charge is 0.225 e. The van der Waals surface area contributed by atoms with Crippen LogP contribution in [-0.2, 0) is 0 Å². The van der Waals surface area contributed by atoms with Crippen LogP contribution in [0.15, 0.2) is 55.1 Å². The van der Waals surface area contributed by atoms with Crippen LogP contribution in [0.5, 0.6) is 0 Å². The molecular weight excluding hydrogens is 198 g/mol. The predicted molar refractivity (Wildman–Crippen MR) is 62.8 cm³/mol. The van der Waals surface area contributed by atoms with Gasteiger partial charge in [0.25, 0.3) is 0 Å². The second-order valence-corrected chi connectivity index (χ2v) is 3.49. The zero-order valence-electron chi connectivity index (χ0n) is 8.54. The van der Waals surface area contributed by atoms with Gasteiger partial charge in [0.05, 0.1) is 0 Å². The molecule has 1 heterocycles. The third-order valence-electron chi connectivity index (χ3n) is 2.52. The maximum Gasteiger partial charge on any atom is 0.163 e. The fourth-order valence-electron chi connectivity index (χ4n) is 1.80. The molecule has 0 bridgehead atoms. The highest BCUT2D eigenvalue weighted by Crippen LogP contribution is 2.25. The monoisotopic (exact) mass is 207 g/mol. The summed E-state index contributed by atoms with van der Waals surface area (Å²) in [4.78, 5) is 12.2. The molecule has 3 heteroatoms. The molecule has 16 heavy (non-hydrogen) atoms. The molecule has 1 aromatic heterocycles. The van der Waals surface area contributed by atoms with Gasteiger partial charge in [-0.25, -0.2) is 15.0 Å². The van der Waals surface area contributed by atoms with E-state index in [1.807, 2.05) is 24.3 Å². The van der Waals surface area contributed by atoms with E-state index < -0.39 is 0 Å². The second-order valence-electron chi connectivity index (χ2n) is 3.49. The lowest BCUT2D eigenvalue weighted by Gasteiger charge is -2.03. The molecule has 0 N–H and O–H groups in total. The zero-order valence-corrected chi connectivity index (χ0v) is 8.54. The Hall–Kier alpha value is -2.29. The molecule has 76 valence electrons. The van der Waals surface area contributed by atoms with Crippen LogP contribution in [0.2, 0.25) is 0 Å². The normalized spacial score (nSPS) is 10.5. The Labute approximate surface area is 92.8 Å². The van der Waals surface area contributed by atoms with Gasteiger partial charge in [-0.15, -0.1) is 0 Å². The topological polar surface area (TPSA) is 38.7 Å². The smallest absolute Gasteiger partial charge is 0.163 e. The molecule has 0 aliphatic carbocycles. The first kappa shape index (κ1) is 8.97. The van der Waals surface area contributed by atoms with E-state index in [0.29, 0.717) is 5.82 Å². The molecule has 0 aliphatic rings. The summed E-state index contributed by atoms with van der Waals surface area (Å²) in [5.74, 6) is 0.715. The maximum absolute atomic E-state index is 4.18. The highest BCUT2D eigenvalue weighted by atomic mass is 15.0. The van der Waals surface area contributed by atoms with Gasteiger partial charge in [-0.05, 0) is 10.8 Å². The van der Waals surface area contributed by atoms with Crippen molar-refractivity contribution < 1.29 is 0 Å². The van der Waals surface area contributed by atoms with E-state index in [9.17, 15) is 0 Å². The summed E-state index contributed by atoms with van der Waals surface area (Å²) < 4.78 is 0. The van der Waals surface area contributed by atoms with Crippen molar-refractivity contribution in [3.8, 4) is 11.4 Å². The van der Waals surface area contributed by atoms with Crippen molar-refractivity contribution >= 4 is 10.8 Å². The molecule has 0 aliphatic heterocycles. The van der Waals surface area contributed by atoms with Crippen LogP contribution in [0.25, 0.3) is 22.2 Å². The Morgan fingerprint density at radius 1 is 0.750 bits per heavy atom. The van der Waals surface area contributed by atoms with Crippen LogP contribution in [0.1, 0.15) is 0 Å². The third kappa shape index (κ3) is 1.42. The molecule has 3 rings (SSSR count). The van der Waals surface area contributed by atoms with E-state index in [1.165, 1.54) is 18.0 Å². The fourth-order valence-corrected chi connectivity index (χ4v) is 1.80. The van der Waals surface area contributed by atoms with Gasteiger partial charge in [0.2, 0.25) is 0 Å². The Kier molecular flexibility index (Phi) is 2.07. The average molecular weight is 207 g/mol. The number of rotatable bonds is 1. The molecule has 3 aromatic rings. The van der Waals surface area contributed by atoms with E-state index in [-0.39, 0.29) is 0 Å². The Morgan fingerprint density at radius 2 is 1.50 bits per heavy atom. The molecule has 0 atom stereocenters. The van der Waals surface area contributed by atoms with Gasteiger partial charge >= 0.3 is 0 Å². The molecule has 0 unspecified atom stereocenters. The SMILES string of the molecule is c1ccc2c(-c3ncncn3)cccc2c1. The lowest BCUT2D eigenvalue weighted by molar-refractivity contribution is 1.06. The zero-order chi connectivity index (χ0) is 10.8. The van der Waals surface area contributed by atoms with Crippen LogP contribution < -0.4 is 0 Å². The molecule has 0 spiro atoms. The van der Waals surface area contributed by atoms with Crippen LogP contribution in [0, 0.1) is 0 Å². The molecule has 0 saturated heterocycles. The minimum Gasteiger partial charge on any atom is -0.225 e.